The first-order valence-electron chi connectivity index (χ1n) is 13.3. The van der Waals surface area contributed by atoms with Crippen molar-refractivity contribution in [1.82, 2.24) is 10.3 Å². The van der Waals surface area contributed by atoms with Crippen molar-refractivity contribution < 1.29 is 19.1 Å². The van der Waals surface area contributed by atoms with Gasteiger partial charge in [-0.15, -0.1) is 0 Å². The number of anilines is 2. The van der Waals surface area contributed by atoms with Crippen molar-refractivity contribution in [2.24, 2.45) is 23.5 Å². The van der Waals surface area contributed by atoms with Gasteiger partial charge in [-0.2, -0.15) is 0 Å². The van der Waals surface area contributed by atoms with Crippen LogP contribution in [-0.2, 0) is 0 Å². The average Bonchev–Trinajstić information content (AvgIpc) is 2.85. The lowest BCUT2D eigenvalue weighted by Gasteiger charge is -2.58. The minimum absolute atomic E-state index is 0.0728. The highest BCUT2D eigenvalue weighted by Gasteiger charge is 2.55. The Labute approximate surface area is 216 Å². The van der Waals surface area contributed by atoms with Gasteiger partial charge in [-0.05, 0) is 87.1 Å². The number of nitrogens with zero attached hydrogens (tertiary/aromatic N) is 3. The Morgan fingerprint density at radius 2 is 1.89 bits per heavy atom. The van der Waals surface area contributed by atoms with Gasteiger partial charge in [0.25, 0.3) is 11.8 Å². The summed E-state index contributed by atoms with van der Waals surface area (Å²) < 4.78 is 14.3. The monoisotopic (exact) mass is 507 g/mol. The Bertz CT molecular complexity index is 1220. The van der Waals surface area contributed by atoms with Crippen LogP contribution in [0.1, 0.15) is 59.9 Å². The number of aliphatic hydroxyl groups is 1. The lowest BCUT2D eigenvalue weighted by Crippen LogP contribution is -2.61. The molecule has 1 saturated heterocycles. The molecule has 5 aliphatic rings. The molecule has 2 aromatic rings. The van der Waals surface area contributed by atoms with E-state index in [9.17, 15) is 19.1 Å². The number of amides is 2. The normalized spacial score (nSPS) is 32.5. The fourth-order valence-electron chi connectivity index (χ4n) is 7.59. The summed E-state index contributed by atoms with van der Waals surface area (Å²) in [5.74, 6) is 0.482. The largest absolute Gasteiger partial charge is 0.390 e. The Balaban J connectivity index is 1.12. The van der Waals surface area contributed by atoms with Crippen LogP contribution in [0.3, 0.4) is 0 Å². The van der Waals surface area contributed by atoms with Gasteiger partial charge in [-0.1, -0.05) is 6.07 Å². The number of piperazine rings is 1. The number of aromatic nitrogens is 1. The molecule has 2 amide bonds. The number of halogens is 1. The fraction of sp³-hybridized carbons (Fsp3) is 0.536. The number of nitrogens with two attached hydrogens (primary N) is 1. The molecule has 4 bridgehead atoms. The molecule has 7 rings (SSSR count). The summed E-state index contributed by atoms with van der Waals surface area (Å²) in [7, 11) is 0. The van der Waals surface area contributed by atoms with Crippen molar-refractivity contribution in [3.8, 4) is 0 Å². The van der Waals surface area contributed by atoms with Crippen LogP contribution in [0.15, 0.2) is 36.4 Å². The number of carbonyl (C=O) groups excluding carboxylic acids is 2. The maximum Gasteiger partial charge on any atom is 0.270 e. The van der Waals surface area contributed by atoms with Crippen LogP contribution in [0.25, 0.3) is 0 Å². The lowest BCUT2D eigenvalue weighted by atomic mass is 9.52. The van der Waals surface area contributed by atoms with Gasteiger partial charge in [0, 0.05) is 37.4 Å². The molecule has 1 aliphatic heterocycles. The molecule has 3 unspecified atom stereocenters. The van der Waals surface area contributed by atoms with E-state index in [4.69, 9.17) is 10.7 Å². The number of rotatable bonds is 5. The van der Waals surface area contributed by atoms with Gasteiger partial charge in [-0.3, -0.25) is 9.59 Å². The minimum Gasteiger partial charge on any atom is -0.390 e. The Morgan fingerprint density at radius 1 is 1.14 bits per heavy atom. The van der Waals surface area contributed by atoms with Gasteiger partial charge in [0.2, 0.25) is 0 Å². The lowest BCUT2D eigenvalue weighted by molar-refractivity contribution is -0.136. The summed E-state index contributed by atoms with van der Waals surface area (Å²) in [6, 6.07) is 10.2. The predicted molar refractivity (Wildman–Crippen MR) is 138 cm³/mol. The highest BCUT2D eigenvalue weighted by atomic mass is 19.1. The minimum atomic E-state index is -0.780. The van der Waals surface area contributed by atoms with Gasteiger partial charge in [0.1, 0.15) is 17.3 Å². The first-order chi connectivity index (χ1) is 17.7. The number of hydrogen-bond acceptors (Lipinski definition) is 6. The third kappa shape index (κ3) is 4.43. The second-order valence-corrected chi connectivity index (χ2v) is 11.6. The standard InChI is InChI=1S/C28H34FN5O3/c1-16-15-33(20-5-6-21(26(30)35)22(29)11-20)7-8-34(16)24-4-2-3-23(31-24)27(36)32-25-18-9-17-10-19(25)14-28(37,12-17)13-18/h2-6,11,16-19,25,37H,7-10,12-15H2,1H3,(H2,30,35)(H,32,36). The summed E-state index contributed by atoms with van der Waals surface area (Å²) in [6.07, 6.45) is 4.68. The van der Waals surface area contributed by atoms with E-state index < -0.39 is 17.3 Å². The van der Waals surface area contributed by atoms with Crippen LogP contribution < -0.4 is 20.9 Å². The zero-order valence-electron chi connectivity index (χ0n) is 21.1. The molecular weight excluding hydrogens is 473 g/mol. The number of nitrogens with one attached hydrogen (secondary N) is 1. The fourth-order valence-corrected chi connectivity index (χ4v) is 7.59. The number of hydrogen-bond donors (Lipinski definition) is 3. The average molecular weight is 508 g/mol. The van der Waals surface area contributed by atoms with E-state index in [1.165, 1.54) is 12.1 Å². The second-order valence-electron chi connectivity index (χ2n) is 11.6. The molecule has 4 N–H and O–H groups in total. The summed E-state index contributed by atoms with van der Waals surface area (Å²) in [6.45, 7) is 4.02. The molecular formula is C28H34FN5O3. The maximum atomic E-state index is 14.3. The van der Waals surface area contributed by atoms with E-state index in [2.05, 4.69) is 22.0 Å². The molecule has 0 spiro atoms. The highest BCUT2D eigenvalue weighted by Crippen LogP contribution is 2.55. The zero-order valence-corrected chi connectivity index (χ0v) is 21.1. The second kappa shape index (κ2) is 8.97. The van der Waals surface area contributed by atoms with Crippen LogP contribution in [0.4, 0.5) is 15.9 Å². The molecule has 37 heavy (non-hydrogen) atoms. The SMILES string of the molecule is CC1CN(c2ccc(C(N)=O)c(F)c2)CCN1c1cccc(C(=O)NC2C3CC4CC2CC(O)(C4)C3)n1. The van der Waals surface area contributed by atoms with Crippen LogP contribution in [0.5, 0.6) is 0 Å². The summed E-state index contributed by atoms with van der Waals surface area (Å²) in [5.41, 5.74) is 5.70. The van der Waals surface area contributed by atoms with Crippen molar-refractivity contribution in [1.29, 1.82) is 0 Å². The van der Waals surface area contributed by atoms with Gasteiger partial charge in [0.15, 0.2) is 0 Å². The number of benzene rings is 1. The van der Waals surface area contributed by atoms with Crippen molar-refractivity contribution in [3.63, 3.8) is 0 Å². The third-order valence-corrected chi connectivity index (χ3v) is 9.01. The first-order valence-corrected chi connectivity index (χ1v) is 13.3. The van der Waals surface area contributed by atoms with Gasteiger partial charge < -0.3 is 26.0 Å². The summed E-state index contributed by atoms with van der Waals surface area (Å²) >= 11 is 0. The molecule has 2 heterocycles. The third-order valence-electron chi connectivity index (χ3n) is 9.01. The van der Waals surface area contributed by atoms with Crippen LogP contribution in [-0.4, -0.2) is 59.2 Å². The quantitative estimate of drug-likeness (QED) is 0.574. The van der Waals surface area contributed by atoms with Crippen LogP contribution in [0, 0.1) is 23.6 Å². The van der Waals surface area contributed by atoms with Gasteiger partial charge in [0.05, 0.1) is 11.2 Å². The molecule has 4 saturated carbocycles. The smallest absolute Gasteiger partial charge is 0.270 e. The van der Waals surface area contributed by atoms with E-state index in [1.54, 1.807) is 12.1 Å². The molecule has 8 nitrogen and oxygen atoms in total. The van der Waals surface area contributed by atoms with Gasteiger partial charge >= 0.3 is 0 Å². The van der Waals surface area contributed by atoms with E-state index in [0.29, 0.717) is 48.8 Å². The molecule has 1 aromatic carbocycles. The molecule has 1 aromatic heterocycles. The zero-order chi connectivity index (χ0) is 25.9. The van der Waals surface area contributed by atoms with Crippen LogP contribution >= 0.6 is 0 Å². The maximum absolute atomic E-state index is 14.3. The van der Waals surface area contributed by atoms with Crippen molar-refractivity contribution in [2.45, 2.75) is 56.7 Å². The highest BCUT2D eigenvalue weighted by molar-refractivity contribution is 5.93. The Morgan fingerprint density at radius 3 is 2.54 bits per heavy atom. The topological polar surface area (TPSA) is 112 Å². The first kappa shape index (κ1) is 24.2. The van der Waals surface area contributed by atoms with E-state index in [0.717, 1.165) is 37.9 Å². The molecule has 4 aliphatic carbocycles. The molecule has 196 valence electrons. The summed E-state index contributed by atoms with van der Waals surface area (Å²) in [5, 5.41) is 14.1. The molecule has 9 heteroatoms. The number of pyridine rings is 1. The van der Waals surface area contributed by atoms with Crippen molar-refractivity contribution in [2.75, 3.05) is 29.4 Å². The number of carbonyl (C=O) groups is 2. The van der Waals surface area contributed by atoms with E-state index in [-0.39, 0.29) is 23.6 Å². The molecule has 3 atom stereocenters. The molecule has 0 radical (unpaired) electrons. The summed E-state index contributed by atoms with van der Waals surface area (Å²) in [4.78, 5) is 33.6. The van der Waals surface area contributed by atoms with Crippen LogP contribution in [0.2, 0.25) is 0 Å². The van der Waals surface area contributed by atoms with E-state index >= 15 is 0 Å². The molecule has 5 fully saturated rings. The van der Waals surface area contributed by atoms with Gasteiger partial charge in [-0.25, -0.2) is 9.37 Å². The van der Waals surface area contributed by atoms with Crippen molar-refractivity contribution >= 4 is 23.3 Å². The Kier molecular flexibility index (Phi) is 5.86. The van der Waals surface area contributed by atoms with E-state index in [1.807, 2.05) is 12.1 Å². The predicted octanol–water partition coefficient (Wildman–Crippen LogP) is 2.70. The number of primary amides is 1. The Hall–Kier alpha value is -3.20. The van der Waals surface area contributed by atoms with Crippen molar-refractivity contribution in [3.05, 3.63) is 53.5 Å².